The molecule has 3 aliphatic rings. The van der Waals surface area contributed by atoms with Crippen LogP contribution in [0.25, 0.3) is 100 Å². The Morgan fingerprint density at radius 2 is 0.631 bits per heavy atom. The third-order valence-corrected chi connectivity index (χ3v) is 22.7. The van der Waals surface area contributed by atoms with Crippen LogP contribution in [0.15, 0.2) is 306 Å². The van der Waals surface area contributed by atoms with E-state index in [0.29, 0.717) is 22.5 Å². The molecule has 3 aliphatic heterocycles. The van der Waals surface area contributed by atoms with E-state index < -0.39 is 11.6 Å². The number of nitrogen functional groups attached to an aromatic ring is 2. The van der Waals surface area contributed by atoms with E-state index in [2.05, 4.69) is 117 Å². The van der Waals surface area contributed by atoms with Gasteiger partial charge in [0.2, 0.25) is 11.6 Å². The summed E-state index contributed by atoms with van der Waals surface area (Å²) < 4.78 is 5.80. The number of anilines is 2. The molecule has 0 bridgehead atoms. The number of fused-ring (bicyclic) bond motifs is 5. The molecule has 0 atom stereocenters. The molecule has 11 heterocycles. The molecule has 8 aromatic heterocycles. The summed E-state index contributed by atoms with van der Waals surface area (Å²) in [6.45, 7) is 10.1. The molecule has 0 radical (unpaired) electrons. The van der Waals surface area contributed by atoms with Crippen molar-refractivity contribution < 1.29 is 14.7 Å². The number of nitrogens with one attached hydrogen (secondary N) is 3. The topological polar surface area (TPSA) is 320 Å². The minimum Gasteiger partial charge on any atom is -0.397 e. The largest absolute Gasteiger partial charge is 0.397 e. The van der Waals surface area contributed by atoms with E-state index in [1.165, 1.54) is 17.3 Å². The number of carbonyl (C=O) groups is 2. The second kappa shape index (κ2) is 38.2. The fourth-order valence-corrected chi connectivity index (χ4v) is 16.5. The molecule has 612 valence electrons. The summed E-state index contributed by atoms with van der Waals surface area (Å²) >= 11 is 0. The molecular weight excluding hydrogens is 1530 g/mol. The Bertz CT molecular complexity index is 6340. The van der Waals surface area contributed by atoms with Gasteiger partial charge < -0.3 is 31.5 Å². The highest BCUT2D eigenvalue weighted by Gasteiger charge is 2.28. The highest BCUT2D eigenvalue weighted by molar-refractivity contribution is 6.49. The van der Waals surface area contributed by atoms with Crippen LogP contribution < -0.4 is 28.5 Å². The number of aliphatic hydroxyl groups excluding tert-OH is 1. The van der Waals surface area contributed by atoms with Crippen LogP contribution >= 0.6 is 0 Å². The molecule has 3 fully saturated rings. The Balaban J connectivity index is 0.000000128. The van der Waals surface area contributed by atoms with Crippen LogP contribution in [0.4, 0.5) is 11.4 Å². The Kier molecular flexibility index (Phi) is 25.5. The Labute approximate surface area is 704 Å². The van der Waals surface area contributed by atoms with Gasteiger partial charge in [-0.25, -0.2) is 34.3 Å². The lowest BCUT2D eigenvalue weighted by molar-refractivity contribution is 0.0817. The first-order valence-corrected chi connectivity index (χ1v) is 41.3. The Hall–Kier alpha value is -14.3. The number of rotatable bonds is 16. The number of H-pyrrole nitrogens is 3. The molecule has 24 nitrogen and oxygen atoms in total. The van der Waals surface area contributed by atoms with Gasteiger partial charge in [-0.2, -0.15) is 0 Å². The van der Waals surface area contributed by atoms with Crippen molar-refractivity contribution in [3.05, 3.63) is 351 Å². The lowest BCUT2D eigenvalue weighted by Crippen LogP contribution is -2.36. The molecule has 9 aromatic carbocycles. The number of pyridine rings is 3. The molecule has 0 unspecified atom stereocenters. The van der Waals surface area contributed by atoms with Gasteiger partial charge in [0, 0.05) is 136 Å². The number of Topliss-reactive ketones (excluding diaryl/α,β-unsaturated/α-hetero) is 2. The Morgan fingerprint density at radius 1 is 0.344 bits per heavy atom. The number of imidazole rings is 3. The van der Waals surface area contributed by atoms with Crippen molar-refractivity contribution in [3.8, 4) is 45.0 Å². The molecule has 0 amide bonds. The van der Waals surface area contributed by atoms with E-state index in [1.807, 2.05) is 153 Å². The summed E-state index contributed by atoms with van der Waals surface area (Å²) in [5, 5.41) is 7.57. The first kappa shape index (κ1) is 81.4. The first-order valence-electron chi connectivity index (χ1n) is 41.3. The summed E-state index contributed by atoms with van der Waals surface area (Å²) in [5.74, 6) is -0.976. The zero-order valence-electron chi connectivity index (χ0n) is 67.7. The number of nitrogens with zero attached hydrogens (tertiary/aromatic N) is 13. The van der Waals surface area contributed by atoms with Gasteiger partial charge in [-0.1, -0.05) is 200 Å². The molecule has 3 saturated heterocycles. The summed E-state index contributed by atoms with van der Waals surface area (Å²) in [6.07, 6.45) is 15.8. The van der Waals surface area contributed by atoms with Gasteiger partial charge in [-0.3, -0.25) is 52.9 Å². The number of hydrogen-bond donors (Lipinski definition) is 6. The van der Waals surface area contributed by atoms with Gasteiger partial charge in [0.05, 0.1) is 96.9 Å². The molecule has 122 heavy (non-hydrogen) atoms. The second-order valence-electron chi connectivity index (χ2n) is 30.7. The van der Waals surface area contributed by atoms with Gasteiger partial charge >= 0.3 is 17.1 Å². The molecule has 0 spiro atoms. The number of benzene rings is 9. The maximum atomic E-state index is 12.6. The molecule has 17 aromatic rings. The highest BCUT2D eigenvalue weighted by Crippen LogP contribution is 2.36. The van der Waals surface area contributed by atoms with E-state index in [0.717, 1.165) is 203 Å². The summed E-state index contributed by atoms with van der Waals surface area (Å²) in [6, 6.07) is 83.5. The molecule has 20 rings (SSSR count). The monoisotopic (exact) mass is 1620 g/mol. The molecule has 0 saturated carbocycles. The zero-order valence-corrected chi connectivity index (χ0v) is 67.7. The maximum Gasteiger partial charge on any atom is 0.326 e. The number of hydrogen-bond acceptors (Lipinski definition) is 18. The lowest BCUT2D eigenvalue weighted by Gasteiger charge is -2.32. The maximum absolute atomic E-state index is 12.6. The predicted octanol–water partition coefficient (Wildman–Crippen LogP) is 16.2. The normalized spacial score (nSPS) is 14.2. The summed E-state index contributed by atoms with van der Waals surface area (Å²) in [4.78, 5) is 111. The average Bonchev–Trinajstić information content (AvgIpc) is 1.78. The number of aromatic amines is 3. The standard InChI is InChI=1S/2C32H28N6O.C27H25N3O3.C5H7N3.C2H6O/c39-32-36-27-8-4-5-9-29(27)38(32)25-15-18-37(19-16-25)21-22-10-12-24(13-11-22)31-30(23-6-2-1-3-7-23)35-28-20-33-17-14-26(28)34-31;39-32-36-27-8-4-5-9-29(27)38(32)25-15-18-37(19-16-25)21-22-10-12-24(13-11-22)31-30(23-6-2-1-3-7-23)34-26-14-17-33-20-28(26)35-31;31-25(20-6-2-1-3-7-20)26(32)21-12-10-19(11-13-21)18-29-16-14-22(15-17-29)30-24-9-5-4-8-23(24)28-27(30)33;6-4-1-2-8-3-5(4)7;1-2-3/h2*1-14,17,20,25H,15-16,18-19,21H2,(H,36,39);1-13,22H,14-18H2,(H,28,33);1-3H,7H2,(H2,6,8);3H,2H2,1H3. The van der Waals surface area contributed by atoms with E-state index in [9.17, 15) is 24.0 Å². The van der Waals surface area contributed by atoms with Gasteiger partial charge in [-0.05, 0) is 117 Å². The SMILES string of the molecule is CCO.Nc1ccncc1N.O=C(C(=O)c1ccc(CN2CCC(n3c(=O)[nH]c4ccccc43)CC2)cc1)c1ccccc1.O=c1[nH]c2ccccc2n1C1CCN(Cc2ccc(-c3nc4ccncc4nc3-c3ccccc3)cc2)CC1.O=c1[nH]c2ccccc2n1C1CCN(Cc2ccc(-c3nc4cnccc4nc3-c3ccccc3)cc2)CC1. The summed E-state index contributed by atoms with van der Waals surface area (Å²) in [7, 11) is 0. The number of nitrogens with two attached hydrogens (primary N) is 2. The predicted molar refractivity (Wildman–Crippen MR) is 482 cm³/mol. The fourth-order valence-electron chi connectivity index (χ4n) is 16.5. The van der Waals surface area contributed by atoms with Crippen LogP contribution in [0.1, 0.15) is 101 Å². The van der Waals surface area contributed by atoms with Crippen molar-refractivity contribution in [2.75, 3.05) is 57.3 Å². The molecule has 8 N–H and O–H groups in total. The molecule has 24 heteroatoms. The van der Waals surface area contributed by atoms with Crippen LogP contribution in [0.5, 0.6) is 0 Å². The molecule has 0 aliphatic carbocycles. The van der Waals surface area contributed by atoms with Crippen molar-refractivity contribution in [3.63, 3.8) is 0 Å². The first-order chi connectivity index (χ1) is 59.8. The quantitative estimate of drug-likeness (QED) is 0.0387. The minimum atomic E-state index is -0.488. The number of likely N-dealkylation sites (tertiary alicyclic amines) is 3. The highest BCUT2D eigenvalue weighted by atomic mass is 16.2. The molecular formula is C98H94N18O6. The van der Waals surface area contributed by atoms with Crippen LogP contribution in [0.3, 0.4) is 0 Å². The minimum absolute atomic E-state index is 0.00633. The number of ketones is 2. The van der Waals surface area contributed by atoms with Crippen LogP contribution in [-0.2, 0) is 19.6 Å². The van der Waals surface area contributed by atoms with E-state index >= 15 is 0 Å². The average molecular weight is 1620 g/mol. The fraction of sp³-hybridized carbons (Fsp3) is 0.204. The summed E-state index contributed by atoms with van der Waals surface area (Å²) in [5.41, 5.74) is 32.7. The second-order valence-corrected chi connectivity index (χ2v) is 30.7. The number of aliphatic hydroxyl groups is 1. The van der Waals surface area contributed by atoms with Crippen molar-refractivity contribution in [1.29, 1.82) is 0 Å². The van der Waals surface area contributed by atoms with Crippen molar-refractivity contribution in [2.45, 2.75) is 83.2 Å². The van der Waals surface area contributed by atoms with Crippen LogP contribution in [0.2, 0.25) is 0 Å². The van der Waals surface area contributed by atoms with Gasteiger partial charge in [-0.15, -0.1) is 0 Å². The Morgan fingerprint density at radius 3 is 0.967 bits per heavy atom. The van der Waals surface area contributed by atoms with Crippen molar-refractivity contribution in [2.24, 2.45) is 0 Å². The third-order valence-electron chi connectivity index (χ3n) is 22.7. The van der Waals surface area contributed by atoms with E-state index in [1.54, 1.807) is 80.4 Å². The van der Waals surface area contributed by atoms with Gasteiger partial charge in [0.25, 0.3) is 0 Å². The third kappa shape index (κ3) is 18.9. The number of piperidine rings is 3. The van der Waals surface area contributed by atoms with Gasteiger partial charge in [0.1, 0.15) is 11.0 Å². The zero-order chi connectivity index (χ0) is 83.8. The number of aromatic nitrogens is 13. The lowest BCUT2D eigenvalue weighted by atomic mass is 10.00. The van der Waals surface area contributed by atoms with E-state index in [-0.39, 0.29) is 41.8 Å². The van der Waals surface area contributed by atoms with Gasteiger partial charge in [0.15, 0.2) is 0 Å². The van der Waals surface area contributed by atoms with Crippen LogP contribution in [-0.4, -0.2) is 141 Å². The van der Waals surface area contributed by atoms with Crippen molar-refractivity contribution in [1.82, 2.24) is 78.2 Å². The number of carbonyl (C=O) groups excluding carboxylic acids is 2. The number of para-hydroxylation sites is 6. The smallest absolute Gasteiger partial charge is 0.326 e. The van der Waals surface area contributed by atoms with Crippen LogP contribution in [0, 0.1) is 0 Å². The van der Waals surface area contributed by atoms with Crippen molar-refractivity contribution >= 4 is 78.1 Å². The van der Waals surface area contributed by atoms with E-state index in [4.69, 9.17) is 36.5 Å².